The molecule has 0 amide bonds. The van der Waals surface area contributed by atoms with Crippen LogP contribution >= 0.6 is 21.6 Å². The summed E-state index contributed by atoms with van der Waals surface area (Å²) >= 11 is 0. The van der Waals surface area contributed by atoms with Crippen molar-refractivity contribution in [1.82, 2.24) is 4.98 Å². The minimum atomic E-state index is -0.472. The molecule has 1 aromatic rings. The summed E-state index contributed by atoms with van der Waals surface area (Å²) in [7, 11) is 3.02. The molecule has 1 rings (SSSR count). The predicted octanol–water partition coefficient (Wildman–Crippen LogP) is 2.11. The van der Waals surface area contributed by atoms with E-state index in [2.05, 4.69) is 4.98 Å². The van der Waals surface area contributed by atoms with Crippen LogP contribution in [0.25, 0.3) is 0 Å². The van der Waals surface area contributed by atoms with Crippen molar-refractivity contribution in [2.24, 2.45) is 0 Å². The number of aliphatic hydroxyl groups excluding tert-OH is 1. The topological polar surface area (TPSA) is 76.3 Å². The summed E-state index contributed by atoms with van der Waals surface area (Å²) in [5, 5.41) is 19.6. The van der Waals surface area contributed by atoms with Gasteiger partial charge >= 0.3 is 0 Å². The third kappa shape index (κ3) is 4.50. The van der Waals surface area contributed by atoms with E-state index >= 15 is 0 Å². The van der Waals surface area contributed by atoms with Gasteiger partial charge < -0.3 is 5.11 Å². The molecule has 15 heavy (non-hydrogen) atoms. The van der Waals surface area contributed by atoms with Gasteiger partial charge in [-0.2, -0.15) is 0 Å². The summed E-state index contributed by atoms with van der Waals surface area (Å²) in [6.45, 7) is 0.182. The van der Waals surface area contributed by atoms with Gasteiger partial charge in [0.05, 0.1) is 4.92 Å². The molecule has 0 aliphatic rings. The predicted molar refractivity (Wildman–Crippen MR) is 60.9 cm³/mol. The zero-order valence-corrected chi connectivity index (χ0v) is 9.46. The second kappa shape index (κ2) is 6.65. The maximum Gasteiger partial charge on any atom is 0.287 e. The second-order valence-electron chi connectivity index (χ2n) is 2.59. The van der Waals surface area contributed by atoms with Crippen LogP contribution in [0.2, 0.25) is 0 Å². The van der Waals surface area contributed by atoms with Gasteiger partial charge in [-0.3, -0.25) is 10.1 Å². The van der Waals surface area contributed by atoms with Gasteiger partial charge in [-0.1, -0.05) is 10.8 Å². The van der Waals surface area contributed by atoms with Crippen LogP contribution in [0, 0.1) is 10.1 Å². The van der Waals surface area contributed by atoms with Crippen LogP contribution in [0.1, 0.15) is 6.42 Å². The molecule has 0 radical (unpaired) electrons. The largest absolute Gasteiger partial charge is 0.396 e. The Morgan fingerprint density at radius 1 is 1.53 bits per heavy atom. The minimum absolute atomic E-state index is 0.000270. The fraction of sp³-hybridized carbons (Fsp3) is 0.375. The van der Waals surface area contributed by atoms with E-state index in [0.717, 1.165) is 17.2 Å². The number of aromatic nitrogens is 1. The smallest absolute Gasteiger partial charge is 0.287 e. The highest BCUT2D eigenvalue weighted by molar-refractivity contribution is 8.76. The summed E-state index contributed by atoms with van der Waals surface area (Å²) in [4.78, 5) is 13.8. The fourth-order valence-corrected chi connectivity index (χ4v) is 2.69. The van der Waals surface area contributed by atoms with E-state index in [9.17, 15) is 10.1 Å². The quantitative estimate of drug-likeness (QED) is 0.358. The van der Waals surface area contributed by atoms with Crippen molar-refractivity contribution in [1.29, 1.82) is 0 Å². The lowest BCUT2D eigenvalue weighted by Crippen LogP contribution is -1.89. The molecule has 0 unspecified atom stereocenters. The number of aliphatic hydroxyl groups is 1. The molecule has 0 aliphatic heterocycles. The van der Waals surface area contributed by atoms with E-state index < -0.39 is 4.92 Å². The third-order valence-electron chi connectivity index (χ3n) is 1.46. The maximum absolute atomic E-state index is 10.3. The van der Waals surface area contributed by atoms with E-state index in [-0.39, 0.29) is 12.3 Å². The molecule has 7 heteroatoms. The molecule has 0 saturated carbocycles. The molecular weight excluding hydrogens is 236 g/mol. The number of rotatable bonds is 6. The molecule has 1 aromatic heterocycles. The Kier molecular flexibility index (Phi) is 5.44. The van der Waals surface area contributed by atoms with Crippen molar-refractivity contribution in [2.75, 3.05) is 12.4 Å². The van der Waals surface area contributed by atoms with Crippen LogP contribution in [-0.2, 0) is 0 Å². The molecule has 1 heterocycles. The number of hydrogen-bond donors (Lipinski definition) is 1. The van der Waals surface area contributed by atoms with Crippen molar-refractivity contribution in [3.8, 4) is 0 Å². The molecule has 5 nitrogen and oxygen atoms in total. The first-order chi connectivity index (χ1) is 7.24. The number of nitro groups is 1. The van der Waals surface area contributed by atoms with Crippen LogP contribution in [0.4, 0.5) is 5.69 Å². The molecule has 0 saturated heterocycles. The van der Waals surface area contributed by atoms with Gasteiger partial charge in [0, 0.05) is 18.4 Å². The average molecular weight is 246 g/mol. The van der Waals surface area contributed by atoms with Gasteiger partial charge in [-0.15, -0.1) is 0 Å². The Morgan fingerprint density at radius 3 is 2.87 bits per heavy atom. The van der Waals surface area contributed by atoms with Crippen molar-refractivity contribution in [2.45, 2.75) is 11.4 Å². The lowest BCUT2D eigenvalue weighted by molar-refractivity contribution is -0.385. The number of pyridine rings is 1. The maximum atomic E-state index is 10.3. The van der Waals surface area contributed by atoms with Gasteiger partial charge in [0.1, 0.15) is 11.2 Å². The Morgan fingerprint density at radius 2 is 2.33 bits per heavy atom. The van der Waals surface area contributed by atoms with Gasteiger partial charge in [0.2, 0.25) is 0 Å². The Hall–Kier alpha value is -0.790. The van der Waals surface area contributed by atoms with Crippen molar-refractivity contribution in [3.05, 3.63) is 28.4 Å². The molecule has 0 atom stereocenters. The minimum Gasteiger partial charge on any atom is -0.396 e. The lowest BCUT2D eigenvalue weighted by Gasteiger charge is -1.98. The Labute approximate surface area is 94.8 Å². The summed E-state index contributed by atoms with van der Waals surface area (Å²) < 4.78 is 0. The summed E-state index contributed by atoms with van der Waals surface area (Å²) in [6.07, 6.45) is 1.99. The average Bonchev–Trinajstić information content (AvgIpc) is 2.25. The normalized spacial score (nSPS) is 10.2. The summed E-state index contributed by atoms with van der Waals surface area (Å²) in [5.41, 5.74) is -0.000270. The van der Waals surface area contributed by atoms with E-state index in [0.29, 0.717) is 0 Å². The van der Waals surface area contributed by atoms with E-state index in [1.165, 1.54) is 23.1 Å². The van der Waals surface area contributed by atoms with Crippen LogP contribution < -0.4 is 0 Å². The molecular formula is C8H10N2O3S2. The fourth-order valence-electron chi connectivity index (χ4n) is 0.755. The van der Waals surface area contributed by atoms with Crippen LogP contribution in [-0.4, -0.2) is 27.4 Å². The summed E-state index contributed by atoms with van der Waals surface area (Å²) in [6, 6.07) is 3.05. The van der Waals surface area contributed by atoms with Crippen LogP contribution in [0.5, 0.6) is 0 Å². The van der Waals surface area contributed by atoms with Gasteiger partial charge in [-0.25, -0.2) is 4.98 Å². The first-order valence-electron chi connectivity index (χ1n) is 4.25. The van der Waals surface area contributed by atoms with E-state index in [1.807, 2.05) is 0 Å². The van der Waals surface area contributed by atoms with Crippen molar-refractivity contribution >= 4 is 27.3 Å². The zero-order chi connectivity index (χ0) is 11.1. The molecule has 0 fully saturated rings. The monoisotopic (exact) mass is 246 g/mol. The van der Waals surface area contributed by atoms with Crippen LogP contribution in [0.3, 0.4) is 0 Å². The van der Waals surface area contributed by atoms with E-state index in [4.69, 9.17) is 5.11 Å². The Bertz CT molecular complexity index is 318. The molecule has 82 valence electrons. The van der Waals surface area contributed by atoms with Crippen LogP contribution in [0.15, 0.2) is 23.4 Å². The zero-order valence-electron chi connectivity index (χ0n) is 7.83. The first kappa shape index (κ1) is 12.3. The first-order valence-corrected chi connectivity index (χ1v) is 6.56. The molecule has 0 aliphatic carbocycles. The summed E-state index contributed by atoms with van der Waals surface area (Å²) in [5.74, 6) is 0.833. The van der Waals surface area contributed by atoms with Gasteiger partial charge in [-0.05, 0) is 23.3 Å². The molecule has 0 bridgehead atoms. The van der Waals surface area contributed by atoms with Crippen molar-refractivity contribution < 1.29 is 10.0 Å². The highest BCUT2D eigenvalue weighted by Gasteiger charge is 2.05. The molecule has 0 aromatic carbocycles. The standard InChI is InChI=1S/C8H10N2O3S2/c11-4-1-5-14-15-8-3-2-7(6-9-8)10(12)13/h2-3,6,11H,1,4-5H2. The van der Waals surface area contributed by atoms with E-state index in [1.54, 1.807) is 16.9 Å². The number of nitrogens with zero attached hydrogens (tertiary/aromatic N) is 2. The lowest BCUT2D eigenvalue weighted by atomic mass is 10.4. The highest BCUT2D eigenvalue weighted by Crippen LogP contribution is 2.30. The second-order valence-corrected chi connectivity index (χ2v) is 5.03. The van der Waals surface area contributed by atoms with Gasteiger partial charge in [0.25, 0.3) is 5.69 Å². The SMILES string of the molecule is O=[N+]([O-])c1ccc(SSCCCO)nc1. The molecule has 1 N–H and O–H groups in total. The number of hydrogen-bond acceptors (Lipinski definition) is 6. The molecule has 0 spiro atoms. The van der Waals surface area contributed by atoms with Crippen molar-refractivity contribution in [3.63, 3.8) is 0 Å². The van der Waals surface area contributed by atoms with Gasteiger partial charge in [0.15, 0.2) is 0 Å². The Balaban J connectivity index is 2.39. The third-order valence-corrected chi connectivity index (χ3v) is 3.81. The highest BCUT2D eigenvalue weighted by atomic mass is 33.1.